The topological polar surface area (TPSA) is 72.0 Å². The number of sulfone groups is 1. The average molecular weight is 323 g/mol. The van der Waals surface area contributed by atoms with Crippen LogP contribution < -0.4 is 5.32 Å². The zero-order chi connectivity index (χ0) is 15.3. The minimum absolute atomic E-state index is 0.136. The quantitative estimate of drug-likeness (QED) is 0.650. The minimum Gasteiger partial charge on any atom is -0.373 e. The number of rotatable bonds is 6. The van der Waals surface area contributed by atoms with E-state index in [2.05, 4.69) is 15.3 Å². The highest BCUT2D eigenvalue weighted by Crippen LogP contribution is 2.23. The van der Waals surface area contributed by atoms with Gasteiger partial charge in [-0.3, -0.25) is 0 Å². The molecule has 0 saturated heterocycles. The van der Waals surface area contributed by atoms with E-state index in [1.165, 1.54) is 18.0 Å². The second-order valence-electron chi connectivity index (χ2n) is 4.51. The number of anilines is 1. The zero-order valence-electron chi connectivity index (χ0n) is 11.9. The first-order valence-electron chi connectivity index (χ1n) is 6.41. The molecule has 0 aliphatic rings. The first-order chi connectivity index (χ1) is 9.98. The Balaban J connectivity index is 2.22. The molecule has 1 aromatic heterocycles. The predicted molar refractivity (Wildman–Crippen MR) is 87.4 cm³/mol. The van der Waals surface area contributed by atoms with E-state index in [0.717, 1.165) is 10.6 Å². The van der Waals surface area contributed by atoms with Crippen molar-refractivity contribution in [3.8, 4) is 11.4 Å². The summed E-state index contributed by atoms with van der Waals surface area (Å²) >= 11 is 1.42. The summed E-state index contributed by atoms with van der Waals surface area (Å²) in [7, 11) is -1.16. The molecule has 7 heteroatoms. The van der Waals surface area contributed by atoms with Crippen LogP contribution in [0.15, 0.2) is 41.4 Å². The monoisotopic (exact) mass is 323 g/mol. The molecule has 5 nitrogen and oxygen atoms in total. The summed E-state index contributed by atoms with van der Waals surface area (Å²) in [5, 5.41) is 3.76. The van der Waals surface area contributed by atoms with Crippen molar-refractivity contribution in [3.05, 3.63) is 36.4 Å². The van der Waals surface area contributed by atoms with Crippen molar-refractivity contribution in [2.24, 2.45) is 0 Å². The summed E-state index contributed by atoms with van der Waals surface area (Å²) in [5.74, 6) is 1.96. The standard InChI is InChI=1S/C14H17N3O2S2/c1-15-12-10-13(20-8-9-21(2,18)19)17-14(16-12)11-6-4-3-5-7-11/h3-7,10H,8-9H2,1-2H3,(H,15,16,17). The second-order valence-corrected chi connectivity index (χ2v) is 7.88. The summed E-state index contributed by atoms with van der Waals surface area (Å²) in [6, 6.07) is 11.5. The summed E-state index contributed by atoms with van der Waals surface area (Å²) in [5.41, 5.74) is 0.930. The number of nitrogens with one attached hydrogen (secondary N) is 1. The Hall–Kier alpha value is -1.60. The molecular weight excluding hydrogens is 306 g/mol. The van der Waals surface area contributed by atoms with Crippen LogP contribution in [0.2, 0.25) is 0 Å². The van der Waals surface area contributed by atoms with Crippen LogP contribution >= 0.6 is 11.8 Å². The number of aromatic nitrogens is 2. The van der Waals surface area contributed by atoms with Gasteiger partial charge in [0.2, 0.25) is 0 Å². The van der Waals surface area contributed by atoms with Gasteiger partial charge < -0.3 is 5.32 Å². The van der Waals surface area contributed by atoms with Crippen LogP contribution in [-0.4, -0.2) is 43.2 Å². The molecule has 1 N–H and O–H groups in total. The van der Waals surface area contributed by atoms with Crippen molar-refractivity contribution in [1.29, 1.82) is 0 Å². The van der Waals surface area contributed by atoms with Gasteiger partial charge in [-0.2, -0.15) is 0 Å². The number of hydrogen-bond acceptors (Lipinski definition) is 6. The highest BCUT2D eigenvalue weighted by atomic mass is 32.2. The van der Waals surface area contributed by atoms with Gasteiger partial charge in [-0.15, -0.1) is 11.8 Å². The molecule has 0 aliphatic heterocycles. The Morgan fingerprint density at radius 2 is 1.90 bits per heavy atom. The van der Waals surface area contributed by atoms with E-state index in [1.807, 2.05) is 36.4 Å². The van der Waals surface area contributed by atoms with Gasteiger partial charge in [0, 0.05) is 30.7 Å². The van der Waals surface area contributed by atoms with Crippen molar-refractivity contribution in [1.82, 2.24) is 9.97 Å². The third kappa shape index (κ3) is 5.02. The number of thioether (sulfide) groups is 1. The first-order valence-corrected chi connectivity index (χ1v) is 9.45. The Labute approximate surface area is 129 Å². The van der Waals surface area contributed by atoms with Crippen LogP contribution in [0.1, 0.15) is 0 Å². The molecule has 0 bridgehead atoms. The molecule has 0 aliphatic carbocycles. The fourth-order valence-corrected chi connectivity index (χ4v) is 3.74. The maximum absolute atomic E-state index is 11.2. The lowest BCUT2D eigenvalue weighted by molar-refractivity contribution is 0.603. The van der Waals surface area contributed by atoms with Gasteiger partial charge in [0.25, 0.3) is 0 Å². The summed E-state index contributed by atoms with van der Waals surface area (Å²) in [6.45, 7) is 0. The number of hydrogen-bond donors (Lipinski definition) is 1. The summed E-state index contributed by atoms with van der Waals surface area (Å²) < 4.78 is 22.3. The van der Waals surface area contributed by atoms with Crippen LogP contribution in [0.25, 0.3) is 11.4 Å². The van der Waals surface area contributed by atoms with Gasteiger partial charge in [-0.25, -0.2) is 18.4 Å². The lowest BCUT2D eigenvalue weighted by Gasteiger charge is -2.07. The molecule has 2 aromatic rings. The van der Waals surface area contributed by atoms with Crippen LogP contribution in [0.3, 0.4) is 0 Å². The van der Waals surface area contributed by atoms with Crippen LogP contribution in [0, 0.1) is 0 Å². The van der Waals surface area contributed by atoms with Crippen LogP contribution in [0.5, 0.6) is 0 Å². The smallest absolute Gasteiger partial charge is 0.162 e. The Bertz CT molecular complexity index is 703. The van der Waals surface area contributed by atoms with Gasteiger partial charge >= 0.3 is 0 Å². The average Bonchev–Trinajstić information content (AvgIpc) is 2.46. The van der Waals surface area contributed by atoms with Gasteiger partial charge in [0.05, 0.1) is 5.75 Å². The molecule has 112 valence electrons. The maximum Gasteiger partial charge on any atom is 0.162 e. The van der Waals surface area contributed by atoms with E-state index in [-0.39, 0.29) is 5.75 Å². The van der Waals surface area contributed by atoms with Gasteiger partial charge in [-0.05, 0) is 0 Å². The zero-order valence-corrected chi connectivity index (χ0v) is 13.5. The number of nitrogens with zero attached hydrogens (tertiary/aromatic N) is 2. The molecule has 1 aromatic carbocycles. The molecule has 21 heavy (non-hydrogen) atoms. The predicted octanol–water partition coefficient (Wildman–Crippen LogP) is 2.32. The van der Waals surface area contributed by atoms with Gasteiger partial charge in [-0.1, -0.05) is 30.3 Å². The lowest BCUT2D eigenvalue weighted by atomic mass is 10.2. The molecule has 0 saturated carbocycles. The third-order valence-electron chi connectivity index (χ3n) is 2.69. The Morgan fingerprint density at radius 3 is 2.52 bits per heavy atom. The van der Waals surface area contributed by atoms with E-state index >= 15 is 0 Å². The number of benzene rings is 1. The first kappa shape index (κ1) is 15.8. The van der Waals surface area contributed by atoms with Crippen LogP contribution in [0.4, 0.5) is 5.82 Å². The molecule has 2 rings (SSSR count). The van der Waals surface area contributed by atoms with Gasteiger partial charge in [0.1, 0.15) is 20.7 Å². The largest absolute Gasteiger partial charge is 0.373 e. The maximum atomic E-state index is 11.2. The van der Waals surface area contributed by atoms with Crippen molar-refractivity contribution in [3.63, 3.8) is 0 Å². The fourth-order valence-electron chi connectivity index (χ4n) is 1.64. The van der Waals surface area contributed by atoms with E-state index in [9.17, 15) is 8.42 Å². The Morgan fingerprint density at radius 1 is 1.19 bits per heavy atom. The molecule has 0 spiro atoms. The highest BCUT2D eigenvalue weighted by molar-refractivity contribution is 8.00. The molecular formula is C14H17N3O2S2. The molecule has 0 unspecified atom stereocenters. The van der Waals surface area contributed by atoms with E-state index < -0.39 is 9.84 Å². The molecule has 0 amide bonds. The van der Waals surface area contributed by atoms with Crippen molar-refractivity contribution < 1.29 is 8.42 Å². The van der Waals surface area contributed by atoms with Crippen molar-refractivity contribution in [2.45, 2.75) is 5.03 Å². The molecule has 1 heterocycles. The molecule has 0 fully saturated rings. The normalized spacial score (nSPS) is 11.3. The second kappa shape index (κ2) is 6.91. The minimum atomic E-state index is -2.95. The van der Waals surface area contributed by atoms with E-state index in [1.54, 1.807) is 7.05 Å². The highest BCUT2D eigenvalue weighted by Gasteiger charge is 2.08. The Kier molecular flexibility index (Phi) is 5.19. The van der Waals surface area contributed by atoms with Gasteiger partial charge in [0.15, 0.2) is 5.82 Å². The van der Waals surface area contributed by atoms with E-state index in [0.29, 0.717) is 17.4 Å². The van der Waals surface area contributed by atoms with E-state index in [4.69, 9.17) is 0 Å². The summed E-state index contributed by atoms with van der Waals surface area (Å²) in [4.78, 5) is 8.91. The summed E-state index contributed by atoms with van der Waals surface area (Å²) in [6.07, 6.45) is 1.24. The van der Waals surface area contributed by atoms with Crippen LogP contribution in [-0.2, 0) is 9.84 Å². The van der Waals surface area contributed by atoms with Crippen molar-refractivity contribution in [2.75, 3.05) is 30.1 Å². The SMILES string of the molecule is CNc1cc(SCCS(C)(=O)=O)nc(-c2ccccc2)n1. The van der Waals surface area contributed by atoms with Crippen molar-refractivity contribution >= 4 is 27.4 Å². The third-order valence-corrected chi connectivity index (χ3v) is 4.81. The lowest BCUT2D eigenvalue weighted by Crippen LogP contribution is -2.05. The molecule has 0 radical (unpaired) electrons. The molecule has 0 atom stereocenters. The fraction of sp³-hybridized carbons (Fsp3) is 0.286.